The number of aliphatic imine (C=N–C) groups is 1. The third kappa shape index (κ3) is 3.12. The number of rotatable bonds is 3. The van der Waals surface area contributed by atoms with Crippen molar-refractivity contribution in [2.24, 2.45) is 4.99 Å². The van der Waals surface area contributed by atoms with E-state index in [-0.39, 0.29) is 17.3 Å². The van der Waals surface area contributed by atoms with Gasteiger partial charge < -0.3 is 4.74 Å². The highest BCUT2D eigenvalue weighted by Gasteiger charge is 2.25. The van der Waals surface area contributed by atoms with E-state index in [9.17, 15) is 14.9 Å². The number of benzene rings is 2. The van der Waals surface area contributed by atoms with Crippen molar-refractivity contribution >= 4 is 35.2 Å². The zero-order valence-corrected chi connectivity index (χ0v) is 12.4. The van der Waals surface area contributed by atoms with E-state index in [2.05, 4.69) is 4.99 Å². The normalized spacial score (nSPS) is 15.4. The Morgan fingerprint density at radius 2 is 1.96 bits per heavy atom. The Bertz CT molecular complexity index is 874. The lowest BCUT2D eigenvalue weighted by Gasteiger charge is -2.00. The number of nitrogens with zero attached hydrogens (tertiary/aromatic N) is 2. The molecule has 0 bridgehead atoms. The summed E-state index contributed by atoms with van der Waals surface area (Å²) in [5.41, 5.74) is 0.974. The van der Waals surface area contributed by atoms with Crippen molar-refractivity contribution < 1.29 is 14.5 Å². The molecule has 0 N–H and O–H groups in total. The molecule has 0 aromatic heterocycles. The highest BCUT2D eigenvalue weighted by atomic mass is 35.5. The van der Waals surface area contributed by atoms with Gasteiger partial charge in [-0.25, -0.2) is 9.79 Å². The summed E-state index contributed by atoms with van der Waals surface area (Å²) in [6, 6.07) is 12.7. The first kappa shape index (κ1) is 14.9. The molecule has 0 radical (unpaired) electrons. The predicted octanol–water partition coefficient (Wildman–Crippen LogP) is 3.59. The topological polar surface area (TPSA) is 81.8 Å². The van der Waals surface area contributed by atoms with Crippen LogP contribution in [0.25, 0.3) is 6.08 Å². The maximum atomic E-state index is 11.9. The van der Waals surface area contributed by atoms with Crippen LogP contribution in [-0.4, -0.2) is 16.8 Å². The molecule has 0 saturated heterocycles. The van der Waals surface area contributed by atoms with Gasteiger partial charge in [-0.1, -0.05) is 35.9 Å². The predicted molar refractivity (Wildman–Crippen MR) is 85.2 cm³/mol. The fourth-order valence-electron chi connectivity index (χ4n) is 2.05. The number of cyclic esters (lactones) is 1. The van der Waals surface area contributed by atoms with Crippen molar-refractivity contribution in [3.63, 3.8) is 0 Å². The molecule has 3 rings (SSSR count). The fraction of sp³-hybridized carbons (Fsp3) is 0. The van der Waals surface area contributed by atoms with E-state index >= 15 is 0 Å². The molecular weight excluding hydrogens is 320 g/mol. The third-order valence-electron chi connectivity index (χ3n) is 3.11. The summed E-state index contributed by atoms with van der Waals surface area (Å²) < 4.78 is 5.12. The Kier molecular flexibility index (Phi) is 3.91. The fourth-order valence-corrected chi connectivity index (χ4v) is 2.26. The molecule has 0 spiro atoms. The highest BCUT2D eigenvalue weighted by Crippen LogP contribution is 2.24. The van der Waals surface area contributed by atoms with Gasteiger partial charge in [0, 0.05) is 12.1 Å². The second-order valence-corrected chi connectivity index (χ2v) is 5.08. The van der Waals surface area contributed by atoms with Gasteiger partial charge in [0.05, 0.1) is 15.5 Å². The van der Waals surface area contributed by atoms with Crippen LogP contribution in [-0.2, 0) is 9.53 Å². The average molecular weight is 329 g/mol. The molecule has 0 unspecified atom stereocenters. The van der Waals surface area contributed by atoms with Crippen LogP contribution in [0.2, 0.25) is 5.02 Å². The van der Waals surface area contributed by atoms with Crippen LogP contribution in [0.5, 0.6) is 0 Å². The average Bonchev–Trinajstić information content (AvgIpc) is 2.89. The van der Waals surface area contributed by atoms with Crippen molar-refractivity contribution in [2.75, 3.05) is 0 Å². The van der Waals surface area contributed by atoms with E-state index in [1.54, 1.807) is 30.3 Å². The lowest BCUT2D eigenvalue weighted by molar-refractivity contribution is -0.384. The van der Waals surface area contributed by atoms with E-state index < -0.39 is 10.9 Å². The van der Waals surface area contributed by atoms with Crippen molar-refractivity contribution in [3.05, 3.63) is 80.5 Å². The van der Waals surface area contributed by atoms with E-state index in [1.807, 2.05) is 0 Å². The largest absolute Gasteiger partial charge is 0.402 e. The zero-order chi connectivity index (χ0) is 16.4. The monoisotopic (exact) mass is 328 g/mol. The van der Waals surface area contributed by atoms with Gasteiger partial charge in [0.1, 0.15) is 0 Å². The smallest absolute Gasteiger partial charge is 0.363 e. The van der Waals surface area contributed by atoms with Gasteiger partial charge in [-0.15, -0.1) is 0 Å². The summed E-state index contributed by atoms with van der Waals surface area (Å²) in [5, 5.41) is 11.2. The first-order valence-corrected chi connectivity index (χ1v) is 6.94. The summed E-state index contributed by atoms with van der Waals surface area (Å²) in [6.45, 7) is 0. The van der Waals surface area contributed by atoms with Gasteiger partial charge >= 0.3 is 5.97 Å². The molecule has 0 saturated carbocycles. The van der Waals surface area contributed by atoms with Crippen LogP contribution in [0, 0.1) is 10.1 Å². The molecule has 2 aromatic rings. The second kappa shape index (κ2) is 6.02. The molecular formula is C16H9ClN2O4. The number of carbonyl (C=O) groups is 1. The van der Waals surface area contributed by atoms with Crippen molar-refractivity contribution in [3.8, 4) is 0 Å². The molecule has 0 amide bonds. The van der Waals surface area contributed by atoms with E-state index in [1.165, 1.54) is 24.3 Å². The Balaban J connectivity index is 1.97. The van der Waals surface area contributed by atoms with Gasteiger partial charge in [-0.05, 0) is 23.8 Å². The Morgan fingerprint density at radius 1 is 1.17 bits per heavy atom. The maximum Gasteiger partial charge on any atom is 0.363 e. The molecule has 6 nitrogen and oxygen atoms in total. The van der Waals surface area contributed by atoms with E-state index in [0.29, 0.717) is 16.1 Å². The van der Waals surface area contributed by atoms with Crippen LogP contribution < -0.4 is 0 Å². The molecule has 1 heterocycles. The highest BCUT2D eigenvalue weighted by molar-refractivity contribution is 6.34. The zero-order valence-electron chi connectivity index (χ0n) is 11.6. The molecule has 0 fully saturated rings. The van der Waals surface area contributed by atoms with Crippen LogP contribution in [0.15, 0.2) is 59.2 Å². The molecule has 7 heteroatoms. The first-order valence-electron chi connectivity index (χ1n) is 6.56. The third-order valence-corrected chi connectivity index (χ3v) is 3.44. The lowest BCUT2D eigenvalue weighted by atomic mass is 10.1. The summed E-state index contributed by atoms with van der Waals surface area (Å²) in [5.74, 6) is -0.524. The summed E-state index contributed by atoms with van der Waals surface area (Å²) in [6.07, 6.45) is 1.43. The van der Waals surface area contributed by atoms with Gasteiger partial charge in [-0.2, -0.15) is 0 Å². The van der Waals surface area contributed by atoms with Crippen molar-refractivity contribution in [1.29, 1.82) is 0 Å². The lowest BCUT2D eigenvalue weighted by Crippen LogP contribution is -2.05. The van der Waals surface area contributed by atoms with Crippen molar-refractivity contribution in [2.45, 2.75) is 0 Å². The van der Waals surface area contributed by atoms with Crippen LogP contribution in [0.4, 0.5) is 5.69 Å². The SMILES string of the molecule is O=C1OC(c2ccccc2Cl)=N/C1=C\c1cccc([N+](=O)[O-])c1. The quantitative estimate of drug-likeness (QED) is 0.373. The van der Waals surface area contributed by atoms with Gasteiger partial charge in [0.25, 0.3) is 5.69 Å². The molecule has 23 heavy (non-hydrogen) atoms. The molecule has 0 atom stereocenters. The first-order chi connectivity index (χ1) is 11.0. The molecule has 0 aliphatic carbocycles. The van der Waals surface area contributed by atoms with Crippen LogP contribution in [0.3, 0.4) is 0 Å². The van der Waals surface area contributed by atoms with Gasteiger partial charge in [-0.3, -0.25) is 10.1 Å². The maximum absolute atomic E-state index is 11.9. The standard InChI is InChI=1S/C16H9ClN2O4/c17-13-7-2-1-6-12(13)15-18-14(16(20)23-15)9-10-4-3-5-11(8-10)19(21)22/h1-9H/b14-9-. The minimum atomic E-state index is -0.633. The number of ether oxygens (including phenoxy) is 1. The van der Waals surface area contributed by atoms with Crippen LogP contribution >= 0.6 is 11.6 Å². The Morgan fingerprint density at radius 3 is 2.70 bits per heavy atom. The Hall–Kier alpha value is -2.99. The number of nitro benzene ring substituents is 1. The summed E-state index contributed by atoms with van der Waals surface area (Å²) in [7, 11) is 0. The van der Waals surface area contributed by atoms with Crippen LogP contribution in [0.1, 0.15) is 11.1 Å². The van der Waals surface area contributed by atoms with Crippen molar-refractivity contribution in [1.82, 2.24) is 0 Å². The summed E-state index contributed by atoms with van der Waals surface area (Å²) in [4.78, 5) is 26.3. The molecule has 114 valence electrons. The molecule has 1 aliphatic rings. The number of carbonyl (C=O) groups excluding carboxylic acids is 1. The number of nitro groups is 1. The van der Waals surface area contributed by atoms with Gasteiger partial charge in [0.15, 0.2) is 5.70 Å². The number of hydrogen-bond donors (Lipinski definition) is 0. The minimum absolute atomic E-state index is 0.0559. The molecule has 1 aliphatic heterocycles. The number of halogens is 1. The number of non-ortho nitro benzene ring substituents is 1. The second-order valence-electron chi connectivity index (χ2n) is 4.67. The number of hydrogen-bond acceptors (Lipinski definition) is 5. The summed E-state index contributed by atoms with van der Waals surface area (Å²) >= 11 is 6.05. The Labute approximate surface area is 135 Å². The molecule has 2 aromatic carbocycles. The minimum Gasteiger partial charge on any atom is -0.402 e. The van der Waals surface area contributed by atoms with E-state index in [4.69, 9.17) is 16.3 Å². The van der Waals surface area contributed by atoms with Gasteiger partial charge in [0.2, 0.25) is 5.90 Å². The van der Waals surface area contributed by atoms with E-state index in [0.717, 1.165) is 0 Å². The number of esters is 1.